The van der Waals surface area contributed by atoms with Gasteiger partial charge in [-0.1, -0.05) is 42.8 Å². The van der Waals surface area contributed by atoms with Gasteiger partial charge in [-0.15, -0.1) is 6.58 Å². The van der Waals surface area contributed by atoms with Crippen LogP contribution in [0.5, 0.6) is 0 Å². The third-order valence-electron chi connectivity index (χ3n) is 3.17. The molecule has 3 nitrogen and oxygen atoms in total. The van der Waals surface area contributed by atoms with Gasteiger partial charge in [-0.05, 0) is 18.2 Å². The maximum atomic E-state index is 13.5. The fourth-order valence-corrected chi connectivity index (χ4v) is 2.66. The summed E-state index contributed by atoms with van der Waals surface area (Å²) in [6.45, 7) is 10.5. The lowest BCUT2D eigenvalue weighted by Gasteiger charge is -2.19. The van der Waals surface area contributed by atoms with Crippen molar-refractivity contribution in [1.82, 2.24) is 9.55 Å². The van der Waals surface area contributed by atoms with Gasteiger partial charge in [-0.3, -0.25) is 0 Å². The summed E-state index contributed by atoms with van der Waals surface area (Å²) in [7, 11) is 0. The molecule has 0 aliphatic carbocycles. The van der Waals surface area contributed by atoms with Crippen molar-refractivity contribution < 1.29 is 4.39 Å². The molecule has 0 spiro atoms. The number of benzene rings is 1. The largest absolute Gasteiger partial charge is 0.383 e. The molecule has 0 aliphatic rings. The van der Waals surface area contributed by atoms with Crippen LogP contribution < -0.4 is 5.73 Å². The van der Waals surface area contributed by atoms with E-state index < -0.39 is 0 Å². The molecule has 5 heteroatoms. The van der Waals surface area contributed by atoms with Crippen LogP contribution in [0.4, 0.5) is 10.2 Å². The third kappa shape index (κ3) is 3.02. The Morgan fingerprint density at radius 1 is 1.43 bits per heavy atom. The van der Waals surface area contributed by atoms with Gasteiger partial charge in [0.1, 0.15) is 23.2 Å². The molecule has 1 aromatic carbocycles. The molecule has 0 aliphatic heterocycles. The highest BCUT2D eigenvalue weighted by atomic mass is 79.9. The smallest absolute Gasteiger partial charge is 0.132 e. The van der Waals surface area contributed by atoms with Crippen LogP contribution in [0, 0.1) is 5.82 Å². The topological polar surface area (TPSA) is 43.8 Å². The number of aromatic nitrogens is 2. The Hall–Kier alpha value is -1.62. The van der Waals surface area contributed by atoms with Gasteiger partial charge >= 0.3 is 0 Å². The Kier molecular flexibility index (Phi) is 4.23. The van der Waals surface area contributed by atoms with E-state index in [9.17, 15) is 4.39 Å². The molecule has 1 aromatic heterocycles. The summed E-state index contributed by atoms with van der Waals surface area (Å²) in [4.78, 5) is 4.67. The van der Waals surface area contributed by atoms with E-state index >= 15 is 0 Å². The van der Waals surface area contributed by atoms with Crippen LogP contribution in [0.1, 0.15) is 26.6 Å². The lowest BCUT2D eigenvalue weighted by molar-refractivity contribution is 0.515. The Labute approximate surface area is 132 Å². The monoisotopic (exact) mass is 351 g/mol. The summed E-state index contributed by atoms with van der Waals surface area (Å²) >= 11 is 3.43. The van der Waals surface area contributed by atoms with Crippen LogP contribution in [0.25, 0.3) is 11.3 Å². The number of halogens is 2. The summed E-state index contributed by atoms with van der Waals surface area (Å²) in [5, 5.41) is 0. The van der Waals surface area contributed by atoms with Crippen molar-refractivity contribution in [2.45, 2.75) is 32.7 Å². The number of nitrogens with zero attached hydrogens (tertiary/aromatic N) is 2. The van der Waals surface area contributed by atoms with E-state index in [4.69, 9.17) is 5.73 Å². The Morgan fingerprint density at radius 3 is 2.67 bits per heavy atom. The second kappa shape index (κ2) is 5.64. The highest BCUT2D eigenvalue weighted by Gasteiger charge is 2.25. The number of hydrogen-bond donors (Lipinski definition) is 1. The van der Waals surface area contributed by atoms with Gasteiger partial charge in [0.2, 0.25) is 0 Å². The Morgan fingerprint density at radius 2 is 2.10 bits per heavy atom. The molecule has 0 saturated carbocycles. The lowest BCUT2D eigenvalue weighted by Crippen LogP contribution is -2.19. The predicted octanol–water partition coefficient (Wildman–Crippen LogP) is 4.52. The van der Waals surface area contributed by atoms with Crippen molar-refractivity contribution in [3.63, 3.8) is 0 Å². The first kappa shape index (κ1) is 15.8. The molecule has 0 radical (unpaired) electrons. The van der Waals surface area contributed by atoms with Crippen molar-refractivity contribution >= 4 is 21.7 Å². The summed E-state index contributed by atoms with van der Waals surface area (Å²) in [5.41, 5.74) is 7.32. The zero-order valence-corrected chi connectivity index (χ0v) is 14.0. The zero-order chi connectivity index (χ0) is 15.8. The molecule has 2 rings (SSSR count). The molecule has 0 unspecified atom stereocenters. The van der Waals surface area contributed by atoms with Crippen molar-refractivity contribution in [3.8, 4) is 11.3 Å². The highest BCUT2D eigenvalue weighted by molar-refractivity contribution is 9.10. The van der Waals surface area contributed by atoms with Crippen LogP contribution in [-0.2, 0) is 12.0 Å². The number of nitrogen functional groups attached to an aromatic ring is 1. The molecule has 1 heterocycles. The molecule has 0 saturated heterocycles. The number of rotatable bonds is 3. The number of anilines is 1. The standard InChI is InChI=1S/C16H19BrFN3/c1-5-8-21-14(19)13(20-15(21)16(2,3)4)11-9-10(18)6-7-12(11)17/h5-7,9H,1,8,19H2,2-4H3. The molecule has 0 atom stereocenters. The van der Waals surface area contributed by atoms with E-state index in [1.54, 1.807) is 12.1 Å². The number of allylic oxidation sites excluding steroid dienone is 1. The van der Waals surface area contributed by atoms with E-state index in [1.807, 2.05) is 4.57 Å². The molecule has 2 N–H and O–H groups in total. The van der Waals surface area contributed by atoms with Crippen molar-refractivity contribution in [2.24, 2.45) is 0 Å². The molecule has 2 aromatic rings. The van der Waals surface area contributed by atoms with Crippen LogP contribution in [0.3, 0.4) is 0 Å². The van der Waals surface area contributed by atoms with Gasteiger partial charge in [0.15, 0.2) is 0 Å². The lowest BCUT2D eigenvalue weighted by atomic mass is 9.95. The number of hydrogen-bond acceptors (Lipinski definition) is 2. The minimum Gasteiger partial charge on any atom is -0.383 e. The van der Waals surface area contributed by atoms with Gasteiger partial charge in [0.05, 0.1) is 0 Å². The fraction of sp³-hybridized carbons (Fsp3) is 0.312. The van der Waals surface area contributed by atoms with E-state index in [-0.39, 0.29) is 11.2 Å². The maximum absolute atomic E-state index is 13.5. The fourth-order valence-electron chi connectivity index (χ4n) is 2.23. The Bertz CT molecular complexity index is 684. The summed E-state index contributed by atoms with van der Waals surface area (Å²) in [6, 6.07) is 4.50. The van der Waals surface area contributed by atoms with Crippen molar-refractivity contribution in [2.75, 3.05) is 5.73 Å². The first-order chi connectivity index (χ1) is 9.75. The van der Waals surface area contributed by atoms with Crippen molar-refractivity contribution in [3.05, 3.63) is 47.0 Å². The second-order valence-corrected chi connectivity index (χ2v) is 6.80. The average Bonchev–Trinajstić information content (AvgIpc) is 2.71. The van der Waals surface area contributed by atoms with Gasteiger partial charge in [0.25, 0.3) is 0 Å². The van der Waals surface area contributed by atoms with Crippen LogP contribution in [-0.4, -0.2) is 9.55 Å². The second-order valence-electron chi connectivity index (χ2n) is 5.94. The van der Waals surface area contributed by atoms with Crippen LogP contribution in [0.15, 0.2) is 35.3 Å². The van der Waals surface area contributed by atoms with E-state index in [2.05, 4.69) is 48.3 Å². The van der Waals surface area contributed by atoms with Crippen LogP contribution >= 0.6 is 15.9 Å². The number of imidazole rings is 1. The number of nitrogens with two attached hydrogens (primary N) is 1. The summed E-state index contributed by atoms with van der Waals surface area (Å²) < 4.78 is 16.2. The molecule has 0 fully saturated rings. The highest BCUT2D eigenvalue weighted by Crippen LogP contribution is 2.35. The molecule has 0 amide bonds. The summed E-state index contributed by atoms with van der Waals surface area (Å²) in [5.74, 6) is 1.06. The minimum atomic E-state index is -0.317. The normalized spacial score (nSPS) is 11.7. The van der Waals surface area contributed by atoms with Gasteiger partial charge in [0, 0.05) is 22.0 Å². The van der Waals surface area contributed by atoms with E-state index in [0.29, 0.717) is 23.6 Å². The average molecular weight is 352 g/mol. The van der Waals surface area contributed by atoms with Gasteiger partial charge < -0.3 is 10.3 Å². The summed E-state index contributed by atoms with van der Waals surface area (Å²) in [6.07, 6.45) is 1.78. The predicted molar refractivity (Wildman–Crippen MR) is 88.6 cm³/mol. The van der Waals surface area contributed by atoms with E-state index in [1.165, 1.54) is 12.1 Å². The van der Waals surface area contributed by atoms with Gasteiger partial charge in [-0.25, -0.2) is 9.37 Å². The van der Waals surface area contributed by atoms with E-state index in [0.717, 1.165) is 10.3 Å². The molecule has 0 bridgehead atoms. The zero-order valence-electron chi connectivity index (χ0n) is 12.5. The SMILES string of the molecule is C=CCn1c(C(C)(C)C)nc(-c2cc(F)ccc2Br)c1N. The minimum absolute atomic E-state index is 0.171. The van der Waals surface area contributed by atoms with Gasteiger partial charge in [-0.2, -0.15) is 0 Å². The Balaban J connectivity index is 2.70. The quantitative estimate of drug-likeness (QED) is 0.826. The third-order valence-corrected chi connectivity index (χ3v) is 3.86. The molecule has 21 heavy (non-hydrogen) atoms. The molecular weight excluding hydrogens is 333 g/mol. The molecular formula is C16H19BrFN3. The maximum Gasteiger partial charge on any atom is 0.132 e. The van der Waals surface area contributed by atoms with Crippen molar-refractivity contribution in [1.29, 1.82) is 0 Å². The first-order valence-electron chi connectivity index (χ1n) is 6.68. The molecule has 112 valence electrons. The van der Waals surface area contributed by atoms with Crippen LogP contribution in [0.2, 0.25) is 0 Å². The first-order valence-corrected chi connectivity index (χ1v) is 7.47.